The number of ether oxygens (including phenoxy) is 3. The number of benzene rings is 2. The molecular weight excluding hydrogens is 360 g/mol. The number of morpholine rings is 1. The van der Waals surface area contributed by atoms with Crippen LogP contribution in [0.4, 0.5) is 11.4 Å². The van der Waals surface area contributed by atoms with Gasteiger partial charge in [-0.25, -0.2) is 4.79 Å². The molecule has 28 heavy (non-hydrogen) atoms. The highest BCUT2D eigenvalue weighted by Crippen LogP contribution is 2.26. The van der Waals surface area contributed by atoms with Gasteiger partial charge in [0.15, 0.2) is 6.61 Å². The number of aryl methyl sites for hydroxylation is 1. The largest absolute Gasteiger partial charge is 0.484 e. The van der Waals surface area contributed by atoms with E-state index in [1.165, 1.54) is 7.11 Å². The third kappa shape index (κ3) is 5.01. The van der Waals surface area contributed by atoms with Crippen LogP contribution in [0.5, 0.6) is 5.75 Å². The van der Waals surface area contributed by atoms with E-state index in [1.807, 2.05) is 37.3 Å². The number of rotatable bonds is 6. The Balaban J connectivity index is 1.68. The van der Waals surface area contributed by atoms with Crippen molar-refractivity contribution in [2.45, 2.75) is 6.92 Å². The van der Waals surface area contributed by atoms with Gasteiger partial charge >= 0.3 is 5.97 Å². The van der Waals surface area contributed by atoms with Crippen molar-refractivity contribution in [3.8, 4) is 5.75 Å². The maximum atomic E-state index is 12.2. The van der Waals surface area contributed by atoms with Crippen LogP contribution in [0.1, 0.15) is 15.9 Å². The third-order valence-electron chi connectivity index (χ3n) is 4.43. The molecule has 1 fully saturated rings. The van der Waals surface area contributed by atoms with E-state index in [2.05, 4.69) is 10.2 Å². The minimum atomic E-state index is -0.450. The molecule has 0 atom stereocenters. The van der Waals surface area contributed by atoms with Gasteiger partial charge in [0, 0.05) is 18.8 Å². The Bertz CT molecular complexity index is 829. The van der Waals surface area contributed by atoms with Gasteiger partial charge in [-0.05, 0) is 37.3 Å². The quantitative estimate of drug-likeness (QED) is 0.772. The summed E-state index contributed by atoms with van der Waals surface area (Å²) in [5, 5.41) is 2.76. The van der Waals surface area contributed by atoms with E-state index in [9.17, 15) is 9.59 Å². The fourth-order valence-electron chi connectivity index (χ4n) is 2.95. The van der Waals surface area contributed by atoms with Crippen molar-refractivity contribution in [2.75, 3.05) is 50.2 Å². The molecule has 7 nitrogen and oxygen atoms in total. The van der Waals surface area contributed by atoms with E-state index in [0.717, 1.165) is 11.3 Å². The Morgan fingerprint density at radius 1 is 1.11 bits per heavy atom. The molecule has 0 unspecified atom stereocenters. The highest BCUT2D eigenvalue weighted by atomic mass is 16.5. The molecule has 1 N–H and O–H groups in total. The van der Waals surface area contributed by atoms with Crippen LogP contribution in [0.15, 0.2) is 42.5 Å². The average Bonchev–Trinajstić information content (AvgIpc) is 2.73. The van der Waals surface area contributed by atoms with Gasteiger partial charge in [-0.15, -0.1) is 0 Å². The molecule has 1 amide bonds. The number of amides is 1. The van der Waals surface area contributed by atoms with Crippen LogP contribution < -0.4 is 15.0 Å². The number of esters is 1. The lowest BCUT2D eigenvalue weighted by molar-refractivity contribution is -0.118. The van der Waals surface area contributed by atoms with E-state index in [1.54, 1.807) is 12.1 Å². The first kappa shape index (κ1) is 19.7. The molecule has 0 radical (unpaired) electrons. The molecule has 1 heterocycles. The molecule has 2 aromatic rings. The summed E-state index contributed by atoms with van der Waals surface area (Å²) in [6, 6.07) is 12.7. The summed E-state index contributed by atoms with van der Waals surface area (Å²) in [5.74, 6) is -0.136. The summed E-state index contributed by atoms with van der Waals surface area (Å²) in [7, 11) is 1.34. The maximum absolute atomic E-state index is 12.2. The molecular formula is C21H24N2O5. The summed E-state index contributed by atoms with van der Waals surface area (Å²) in [6.45, 7) is 4.46. The molecule has 1 aliphatic heterocycles. The molecule has 7 heteroatoms. The Kier molecular flexibility index (Phi) is 6.49. The fraction of sp³-hybridized carbons (Fsp3) is 0.333. The topological polar surface area (TPSA) is 77.1 Å². The zero-order valence-corrected chi connectivity index (χ0v) is 16.1. The summed E-state index contributed by atoms with van der Waals surface area (Å²) in [6.07, 6.45) is 0. The first-order chi connectivity index (χ1) is 13.6. The van der Waals surface area contributed by atoms with Crippen LogP contribution >= 0.6 is 0 Å². The van der Waals surface area contributed by atoms with E-state index < -0.39 is 5.97 Å². The van der Waals surface area contributed by atoms with Crippen molar-refractivity contribution < 1.29 is 23.8 Å². The Morgan fingerprint density at radius 3 is 2.50 bits per heavy atom. The molecule has 1 saturated heterocycles. The van der Waals surface area contributed by atoms with Gasteiger partial charge in [0.2, 0.25) is 0 Å². The van der Waals surface area contributed by atoms with Gasteiger partial charge in [-0.1, -0.05) is 17.7 Å². The van der Waals surface area contributed by atoms with Crippen molar-refractivity contribution in [3.05, 3.63) is 53.6 Å². The molecule has 0 aromatic heterocycles. The molecule has 0 aliphatic carbocycles. The first-order valence-electron chi connectivity index (χ1n) is 9.11. The monoisotopic (exact) mass is 384 g/mol. The second-order valence-corrected chi connectivity index (χ2v) is 6.47. The van der Waals surface area contributed by atoms with Gasteiger partial charge in [0.1, 0.15) is 5.75 Å². The normalized spacial score (nSPS) is 13.7. The van der Waals surface area contributed by atoms with Crippen molar-refractivity contribution in [3.63, 3.8) is 0 Å². The van der Waals surface area contributed by atoms with Crippen molar-refractivity contribution in [1.29, 1.82) is 0 Å². The summed E-state index contributed by atoms with van der Waals surface area (Å²) in [5.41, 5.74) is 2.80. The van der Waals surface area contributed by atoms with Gasteiger partial charge in [-0.2, -0.15) is 0 Å². The lowest BCUT2D eigenvalue weighted by atomic mass is 10.1. The van der Waals surface area contributed by atoms with Gasteiger partial charge in [0.25, 0.3) is 5.91 Å². The van der Waals surface area contributed by atoms with E-state index in [-0.39, 0.29) is 12.5 Å². The van der Waals surface area contributed by atoms with Gasteiger partial charge in [0.05, 0.1) is 31.6 Å². The number of methoxy groups -OCH3 is 1. The van der Waals surface area contributed by atoms with E-state index in [0.29, 0.717) is 43.3 Å². The second-order valence-electron chi connectivity index (χ2n) is 6.47. The maximum Gasteiger partial charge on any atom is 0.340 e. The number of carbonyl (C=O) groups is 2. The van der Waals surface area contributed by atoms with Crippen LogP contribution in [-0.4, -0.2) is 51.9 Å². The predicted octanol–water partition coefficient (Wildman–Crippen LogP) is 2.64. The van der Waals surface area contributed by atoms with Crippen LogP contribution in [-0.2, 0) is 14.3 Å². The van der Waals surface area contributed by atoms with Crippen molar-refractivity contribution in [1.82, 2.24) is 0 Å². The summed E-state index contributed by atoms with van der Waals surface area (Å²) in [4.78, 5) is 26.5. The second kappa shape index (κ2) is 9.23. The molecule has 148 valence electrons. The van der Waals surface area contributed by atoms with Crippen LogP contribution in [0, 0.1) is 6.92 Å². The van der Waals surface area contributed by atoms with E-state index in [4.69, 9.17) is 14.2 Å². The predicted molar refractivity (Wildman–Crippen MR) is 106 cm³/mol. The standard InChI is InChI=1S/C21H24N2O5/c1-15-3-6-17(7-4-15)28-14-20(24)22-16-5-8-19(18(13-16)21(25)26-2)23-9-11-27-12-10-23/h3-8,13H,9-12,14H2,1-2H3,(H,22,24). The number of hydrogen-bond donors (Lipinski definition) is 1. The number of carbonyl (C=O) groups excluding carboxylic acids is 2. The molecule has 0 bridgehead atoms. The van der Waals surface area contributed by atoms with Crippen LogP contribution in [0.2, 0.25) is 0 Å². The molecule has 2 aromatic carbocycles. The number of anilines is 2. The average molecular weight is 384 g/mol. The third-order valence-corrected chi connectivity index (χ3v) is 4.43. The first-order valence-corrected chi connectivity index (χ1v) is 9.11. The Morgan fingerprint density at radius 2 is 1.82 bits per heavy atom. The lowest BCUT2D eigenvalue weighted by Crippen LogP contribution is -2.37. The lowest BCUT2D eigenvalue weighted by Gasteiger charge is -2.30. The van der Waals surface area contributed by atoms with Crippen LogP contribution in [0.3, 0.4) is 0 Å². The Labute approximate surface area is 164 Å². The number of nitrogens with one attached hydrogen (secondary N) is 1. The summed E-state index contributed by atoms with van der Waals surface area (Å²) >= 11 is 0. The molecule has 0 spiro atoms. The highest BCUT2D eigenvalue weighted by molar-refractivity contribution is 5.99. The minimum absolute atomic E-state index is 0.123. The molecule has 0 saturated carbocycles. The van der Waals surface area contributed by atoms with Gasteiger partial charge in [-0.3, -0.25) is 4.79 Å². The zero-order chi connectivity index (χ0) is 19.9. The van der Waals surface area contributed by atoms with E-state index >= 15 is 0 Å². The number of nitrogens with zero attached hydrogens (tertiary/aromatic N) is 1. The fourth-order valence-corrected chi connectivity index (χ4v) is 2.95. The SMILES string of the molecule is COC(=O)c1cc(NC(=O)COc2ccc(C)cc2)ccc1N1CCOCC1. The zero-order valence-electron chi connectivity index (χ0n) is 16.1. The van der Waals surface area contributed by atoms with Crippen molar-refractivity contribution in [2.24, 2.45) is 0 Å². The Hall–Kier alpha value is -3.06. The summed E-state index contributed by atoms with van der Waals surface area (Å²) < 4.78 is 15.8. The highest BCUT2D eigenvalue weighted by Gasteiger charge is 2.20. The molecule has 1 aliphatic rings. The minimum Gasteiger partial charge on any atom is -0.484 e. The van der Waals surface area contributed by atoms with Gasteiger partial charge < -0.3 is 24.4 Å². The van der Waals surface area contributed by atoms with Crippen molar-refractivity contribution >= 4 is 23.3 Å². The smallest absolute Gasteiger partial charge is 0.340 e. The number of hydrogen-bond acceptors (Lipinski definition) is 6. The van der Waals surface area contributed by atoms with Crippen LogP contribution in [0.25, 0.3) is 0 Å². The molecule has 3 rings (SSSR count).